The quantitative estimate of drug-likeness (QED) is 0.811. The van der Waals surface area contributed by atoms with Gasteiger partial charge >= 0.3 is 0 Å². The van der Waals surface area contributed by atoms with Gasteiger partial charge in [0.2, 0.25) is 10.0 Å². The number of rotatable bonds is 8. The Labute approximate surface area is 133 Å². The first-order chi connectivity index (χ1) is 10.6. The van der Waals surface area contributed by atoms with Crippen LogP contribution in [0.25, 0.3) is 0 Å². The summed E-state index contributed by atoms with van der Waals surface area (Å²) in [5.74, 6) is 0.481. The van der Waals surface area contributed by atoms with Crippen molar-refractivity contribution in [2.24, 2.45) is 0 Å². The molecule has 0 bridgehead atoms. The van der Waals surface area contributed by atoms with Crippen LogP contribution < -0.4 is 4.72 Å². The highest BCUT2D eigenvalue weighted by Crippen LogP contribution is 2.17. The summed E-state index contributed by atoms with van der Waals surface area (Å²) < 4.78 is 26.7. The molecule has 0 spiro atoms. The van der Waals surface area contributed by atoms with Crippen LogP contribution >= 0.6 is 0 Å². The van der Waals surface area contributed by atoms with Gasteiger partial charge in [0.25, 0.3) is 0 Å². The average molecular weight is 317 g/mol. The number of hydrogen-bond donors (Lipinski definition) is 1. The minimum absolute atomic E-state index is 0.136. The van der Waals surface area contributed by atoms with E-state index >= 15 is 0 Å². The van der Waals surface area contributed by atoms with Crippen LogP contribution in [0.3, 0.4) is 0 Å². The normalized spacial score (nSPS) is 13.0. The van der Waals surface area contributed by atoms with Crippen LogP contribution in [-0.4, -0.2) is 20.7 Å². The maximum atomic E-state index is 12.0. The van der Waals surface area contributed by atoms with E-state index in [1.54, 1.807) is 0 Å². The van der Waals surface area contributed by atoms with Gasteiger partial charge in [-0.1, -0.05) is 67.6 Å². The molecule has 118 valence electrons. The summed E-state index contributed by atoms with van der Waals surface area (Å²) in [6.45, 7) is 2.60. The SMILES string of the molecule is CC(CCNS(=O)(=O)CCc1ccccc1)c1ccccc1. The van der Waals surface area contributed by atoms with Gasteiger partial charge in [0, 0.05) is 6.54 Å². The fourth-order valence-corrected chi connectivity index (χ4v) is 3.43. The fourth-order valence-electron chi connectivity index (χ4n) is 2.35. The Hall–Kier alpha value is -1.65. The summed E-state index contributed by atoms with van der Waals surface area (Å²) in [6.07, 6.45) is 1.35. The minimum atomic E-state index is -3.21. The monoisotopic (exact) mass is 317 g/mol. The molecule has 0 aromatic heterocycles. The van der Waals surface area contributed by atoms with Gasteiger partial charge in [-0.3, -0.25) is 0 Å². The largest absolute Gasteiger partial charge is 0.215 e. The third-order valence-corrected chi connectivity index (χ3v) is 5.16. The topological polar surface area (TPSA) is 46.2 Å². The van der Waals surface area contributed by atoms with Crippen LogP contribution in [0.1, 0.15) is 30.4 Å². The van der Waals surface area contributed by atoms with Crippen LogP contribution in [0.15, 0.2) is 60.7 Å². The zero-order valence-electron chi connectivity index (χ0n) is 12.9. The van der Waals surface area contributed by atoms with Crippen molar-refractivity contribution in [1.82, 2.24) is 4.72 Å². The second-order valence-electron chi connectivity index (χ2n) is 5.55. The standard InChI is InChI=1S/C18H23NO2S/c1-16(18-10-6-3-7-11-18)12-14-19-22(20,21)15-13-17-8-4-2-5-9-17/h2-11,16,19H,12-15H2,1H3. The third kappa shape index (κ3) is 5.62. The van der Waals surface area contributed by atoms with E-state index in [1.807, 2.05) is 48.5 Å². The zero-order chi connectivity index (χ0) is 15.8. The van der Waals surface area contributed by atoms with E-state index < -0.39 is 10.0 Å². The van der Waals surface area contributed by atoms with Gasteiger partial charge in [0.1, 0.15) is 0 Å². The fraction of sp³-hybridized carbons (Fsp3) is 0.333. The Morgan fingerprint density at radius 2 is 1.55 bits per heavy atom. The lowest BCUT2D eigenvalue weighted by Gasteiger charge is -2.12. The van der Waals surface area contributed by atoms with Crippen molar-refractivity contribution >= 4 is 10.0 Å². The molecule has 2 aromatic carbocycles. The molecule has 0 heterocycles. The summed E-state index contributed by atoms with van der Waals surface area (Å²) in [7, 11) is -3.21. The third-order valence-electron chi connectivity index (χ3n) is 3.77. The van der Waals surface area contributed by atoms with E-state index in [1.165, 1.54) is 5.56 Å². The predicted molar refractivity (Wildman–Crippen MR) is 91.4 cm³/mol. The van der Waals surface area contributed by atoms with Crippen LogP contribution in [0.5, 0.6) is 0 Å². The Morgan fingerprint density at radius 3 is 2.18 bits per heavy atom. The van der Waals surface area contributed by atoms with E-state index in [-0.39, 0.29) is 5.75 Å². The zero-order valence-corrected chi connectivity index (χ0v) is 13.7. The second-order valence-corrected chi connectivity index (χ2v) is 7.48. The molecule has 2 aromatic rings. The first-order valence-corrected chi connectivity index (χ1v) is 9.28. The van der Waals surface area contributed by atoms with E-state index in [2.05, 4.69) is 23.8 Å². The Balaban J connectivity index is 1.75. The number of nitrogens with one attached hydrogen (secondary N) is 1. The van der Waals surface area contributed by atoms with E-state index in [9.17, 15) is 8.42 Å². The highest BCUT2D eigenvalue weighted by Gasteiger charge is 2.11. The summed E-state index contributed by atoms with van der Waals surface area (Å²) >= 11 is 0. The predicted octanol–water partition coefficient (Wildman–Crippen LogP) is 3.34. The molecule has 4 heteroatoms. The lowest BCUT2D eigenvalue weighted by atomic mass is 9.98. The van der Waals surface area contributed by atoms with Crippen molar-refractivity contribution in [1.29, 1.82) is 0 Å². The molecule has 1 N–H and O–H groups in total. The maximum Gasteiger partial charge on any atom is 0.211 e. The Kier molecular flexibility index (Phi) is 6.16. The molecule has 0 radical (unpaired) electrons. The molecule has 1 unspecified atom stereocenters. The van der Waals surface area contributed by atoms with Crippen molar-refractivity contribution in [3.63, 3.8) is 0 Å². The van der Waals surface area contributed by atoms with Crippen molar-refractivity contribution < 1.29 is 8.42 Å². The van der Waals surface area contributed by atoms with Crippen molar-refractivity contribution in [2.75, 3.05) is 12.3 Å². The van der Waals surface area contributed by atoms with Crippen molar-refractivity contribution in [3.05, 3.63) is 71.8 Å². The highest BCUT2D eigenvalue weighted by atomic mass is 32.2. The number of benzene rings is 2. The number of hydrogen-bond acceptors (Lipinski definition) is 2. The summed E-state index contributed by atoms with van der Waals surface area (Å²) in [5.41, 5.74) is 2.29. The van der Waals surface area contributed by atoms with Gasteiger partial charge < -0.3 is 0 Å². The number of aryl methyl sites for hydroxylation is 1. The molecule has 0 aliphatic rings. The van der Waals surface area contributed by atoms with Gasteiger partial charge in [-0.2, -0.15) is 0 Å². The average Bonchev–Trinajstić information content (AvgIpc) is 2.55. The molecular formula is C18H23NO2S. The minimum Gasteiger partial charge on any atom is -0.215 e. The second kappa shape index (κ2) is 8.11. The first kappa shape index (κ1) is 16.7. The Bertz CT molecular complexity index is 654. The number of sulfonamides is 1. The smallest absolute Gasteiger partial charge is 0.211 e. The van der Waals surface area contributed by atoms with Gasteiger partial charge in [-0.05, 0) is 29.9 Å². The van der Waals surface area contributed by atoms with Gasteiger partial charge in [0.05, 0.1) is 5.75 Å². The molecule has 0 aliphatic carbocycles. The summed E-state index contributed by atoms with van der Waals surface area (Å²) in [5, 5.41) is 0. The molecule has 0 saturated heterocycles. The molecule has 0 amide bonds. The van der Waals surface area contributed by atoms with Gasteiger partial charge in [-0.15, -0.1) is 0 Å². The van der Waals surface area contributed by atoms with Gasteiger partial charge in [-0.25, -0.2) is 13.1 Å². The molecule has 0 aliphatic heterocycles. The maximum absolute atomic E-state index is 12.0. The lowest BCUT2D eigenvalue weighted by molar-refractivity contribution is 0.572. The first-order valence-electron chi connectivity index (χ1n) is 7.63. The van der Waals surface area contributed by atoms with Crippen LogP contribution in [0.2, 0.25) is 0 Å². The molecular weight excluding hydrogens is 294 g/mol. The molecule has 3 nitrogen and oxygen atoms in total. The summed E-state index contributed by atoms with van der Waals surface area (Å²) in [4.78, 5) is 0. The molecule has 2 rings (SSSR count). The molecule has 1 atom stereocenters. The van der Waals surface area contributed by atoms with Crippen LogP contribution in [-0.2, 0) is 16.4 Å². The van der Waals surface area contributed by atoms with Gasteiger partial charge in [0.15, 0.2) is 0 Å². The van der Waals surface area contributed by atoms with Crippen LogP contribution in [0.4, 0.5) is 0 Å². The Morgan fingerprint density at radius 1 is 0.955 bits per heavy atom. The van der Waals surface area contributed by atoms with E-state index in [4.69, 9.17) is 0 Å². The van der Waals surface area contributed by atoms with Crippen LogP contribution in [0, 0.1) is 0 Å². The highest BCUT2D eigenvalue weighted by molar-refractivity contribution is 7.89. The van der Waals surface area contributed by atoms with Crippen molar-refractivity contribution in [3.8, 4) is 0 Å². The lowest BCUT2D eigenvalue weighted by Crippen LogP contribution is -2.28. The molecule has 0 saturated carbocycles. The van der Waals surface area contributed by atoms with E-state index in [0.717, 1.165) is 12.0 Å². The van der Waals surface area contributed by atoms with Crippen molar-refractivity contribution in [2.45, 2.75) is 25.7 Å². The molecule has 0 fully saturated rings. The van der Waals surface area contributed by atoms with E-state index in [0.29, 0.717) is 18.9 Å². The molecule has 22 heavy (non-hydrogen) atoms. The summed E-state index contributed by atoms with van der Waals surface area (Å²) in [6, 6.07) is 19.9.